The van der Waals surface area contributed by atoms with Crippen molar-refractivity contribution in [1.29, 1.82) is 0 Å². The maximum Gasteiger partial charge on any atom is 0.411 e. The van der Waals surface area contributed by atoms with Crippen LogP contribution in [0.15, 0.2) is 0 Å². The van der Waals surface area contributed by atoms with Gasteiger partial charge in [0.15, 0.2) is 0 Å². The van der Waals surface area contributed by atoms with Crippen molar-refractivity contribution in [3.63, 3.8) is 0 Å². The Hall–Kier alpha value is -0.250. The summed E-state index contributed by atoms with van der Waals surface area (Å²) >= 11 is 0. The van der Waals surface area contributed by atoms with Crippen molar-refractivity contribution >= 4 is 0 Å². The zero-order valence-electron chi connectivity index (χ0n) is 7.99. The maximum atomic E-state index is 11.6. The molecule has 0 saturated heterocycles. The SMILES string of the molecule is CCCCCCCOCC(F)(F)F. The molecule has 13 heavy (non-hydrogen) atoms. The highest BCUT2D eigenvalue weighted by atomic mass is 19.4. The first-order chi connectivity index (χ1) is 6.06. The summed E-state index contributed by atoms with van der Waals surface area (Å²) in [4.78, 5) is 0. The van der Waals surface area contributed by atoms with Crippen molar-refractivity contribution in [3.05, 3.63) is 0 Å². The van der Waals surface area contributed by atoms with Gasteiger partial charge in [-0.15, -0.1) is 0 Å². The van der Waals surface area contributed by atoms with Crippen molar-refractivity contribution in [3.8, 4) is 0 Å². The normalized spacial score (nSPS) is 12.0. The fourth-order valence-electron chi connectivity index (χ4n) is 0.996. The van der Waals surface area contributed by atoms with E-state index in [1.165, 1.54) is 0 Å². The molecule has 0 aliphatic heterocycles. The van der Waals surface area contributed by atoms with E-state index in [0.717, 1.165) is 32.1 Å². The average Bonchev–Trinajstić information content (AvgIpc) is 2.01. The molecule has 4 heteroatoms. The minimum atomic E-state index is -4.18. The first-order valence-corrected chi connectivity index (χ1v) is 4.70. The smallest absolute Gasteiger partial charge is 0.372 e. The van der Waals surface area contributed by atoms with E-state index in [1.807, 2.05) is 0 Å². The number of alkyl halides is 3. The Bertz CT molecular complexity index is 112. The van der Waals surface area contributed by atoms with Crippen LogP contribution in [0.25, 0.3) is 0 Å². The number of halogens is 3. The van der Waals surface area contributed by atoms with Gasteiger partial charge in [-0.1, -0.05) is 32.6 Å². The van der Waals surface area contributed by atoms with Crippen LogP contribution < -0.4 is 0 Å². The molecule has 0 atom stereocenters. The zero-order chi connectivity index (χ0) is 10.2. The van der Waals surface area contributed by atoms with Crippen LogP contribution in [-0.2, 0) is 4.74 Å². The number of rotatable bonds is 7. The highest BCUT2D eigenvalue weighted by molar-refractivity contribution is 4.46. The molecule has 0 N–H and O–H groups in total. The van der Waals surface area contributed by atoms with Crippen LogP contribution in [0, 0.1) is 0 Å². The molecule has 0 aromatic carbocycles. The standard InChI is InChI=1S/C9H17F3O/c1-2-3-4-5-6-7-13-8-9(10,11)12/h2-8H2,1H3. The largest absolute Gasteiger partial charge is 0.411 e. The Morgan fingerprint density at radius 3 is 2.15 bits per heavy atom. The summed E-state index contributed by atoms with van der Waals surface area (Å²) in [5.74, 6) is 0. The maximum absolute atomic E-state index is 11.6. The van der Waals surface area contributed by atoms with E-state index in [2.05, 4.69) is 11.7 Å². The quantitative estimate of drug-likeness (QED) is 0.568. The van der Waals surface area contributed by atoms with Gasteiger partial charge in [-0.2, -0.15) is 13.2 Å². The van der Waals surface area contributed by atoms with Crippen molar-refractivity contribution < 1.29 is 17.9 Å². The lowest BCUT2D eigenvalue weighted by Crippen LogP contribution is -2.17. The van der Waals surface area contributed by atoms with Gasteiger partial charge < -0.3 is 4.74 Å². The summed E-state index contributed by atoms with van der Waals surface area (Å²) in [7, 11) is 0. The minimum absolute atomic E-state index is 0.225. The van der Waals surface area contributed by atoms with E-state index < -0.39 is 12.8 Å². The Kier molecular flexibility index (Phi) is 7.04. The van der Waals surface area contributed by atoms with Gasteiger partial charge in [0, 0.05) is 6.61 Å². The second-order valence-corrected chi connectivity index (χ2v) is 3.08. The van der Waals surface area contributed by atoms with Crippen LogP contribution in [0.5, 0.6) is 0 Å². The highest BCUT2D eigenvalue weighted by Crippen LogP contribution is 2.14. The molecule has 0 fully saturated rings. The summed E-state index contributed by atoms with van der Waals surface area (Å²) in [6.45, 7) is 1.21. The van der Waals surface area contributed by atoms with Crippen molar-refractivity contribution in [2.45, 2.75) is 45.2 Å². The number of hydrogen-bond donors (Lipinski definition) is 0. The molecule has 0 spiro atoms. The summed E-state index contributed by atoms with van der Waals surface area (Å²) in [5.41, 5.74) is 0. The van der Waals surface area contributed by atoms with Gasteiger partial charge in [-0.05, 0) is 6.42 Å². The summed E-state index contributed by atoms with van der Waals surface area (Å²) in [5, 5.41) is 0. The predicted molar refractivity (Wildman–Crippen MR) is 45.6 cm³/mol. The van der Waals surface area contributed by atoms with Gasteiger partial charge in [-0.25, -0.2) is 0 Å². The molecule has 1 nitrogen and oxygen atoms in total. The molecule has 0 heterocycles. The van der Waals surface area contributed by atoms with E-state index >= 15 is 0 Å². The molecule has 0 rings (SSSR count). The molecule has 0 saturated carbocycles. The van der Waals surface area contributed by atoms with E-state index in [4.69, 9.17) is 0 Å². The molecule has 0 aromatic heterocycles. The molecule has 0 amide bonds. The molecular formula is C9H17F3O. The first-order valence-electron chi connectivity index (χ1n) is 4.70. The molecule has 0 bridgehead atoms. The van der Waals surface area contributed by atoms with E-state index in [-0.39, 0.29) is 6.61 Å². The zero-order valence-corrected chi connectivity index (χ0v) is 7.99. The van der Waals surface area contributed by atoms with Crippen LogP contribution in [-0.4, -0.2) is 19.4 Å². The van der Waals surface area contributed by atoms with Gasteiger partial charge in [0.25, 0.3) is 0 Å². The van der Waals surface area contributed by atoms with E-state index in [9.17, 15) is 13.2 Å². The lowest BCUT2D eigenvalue weighted by Gasteiger charge is -2.06. The topological polar surface area (TPSA) is 9.23 Å². The number of ether oxygens (including phenoxy) is 1. The molecule has 80 valence electrons. The van der Waals surface area contributed by atoms with E-state index in [1.54, 1.807) is 0 Å². The van der Waals surface area contributed by atoms with Gasteiger partial charge in [0.1, 0.15) is 6.61 Å². The molecule has 0 unspecified atom stereocenters. The van der Waals surface area contributed by atoms with Crippen LogP contribution in [0.1, 0.15) is 39.0 Å². The minimum Gasteiger partial charge on any atom is -0.372 e. The van der Waals surface area contributed by atoms with E-state index in [0.29, 0.717) is 0 Å². The monoisotopic (exact) mass is 198 g/mol. The van der Waals surface area contributed by atoms with Crippen LogP contribution in [0.2, 0.25) is 0 Å². The van der Waals surface area contributed by atoms with Crippen LogP contribution in [0.4, 0.5) is 13.2 Å². The first kappa shape index (κ1) is 12.8. The third-order valence-corrected chi connectivity index (χ3v) is 1.66. The summed E-state index contributed by atoms with van der Waals surface area (Å²) in [6.07, 6.45) is 0.903. The lowest BCUT2D eigenvalue weighted by molar-refractivity contribution is -0.174. The van der Waals surface area contributed by atoms with Gasteiger partial charge in [0.05, 0.1) is 0 Å². The third kappa shape index (κ3) is 11.8. The van der Waals surface area contributed by atoms with Gasteiger partial charge in [0.2, 0.25) is 0 Å². The molecule has 0 aliphatic carbocycles. The Morgan fingerprint density at radius 1 is 1.00 bits per heavy atom. The fourth-order valence-corrected chi connectivity index (χ4v) is 0.996. The second kappa shape index (κ2) is 7.18. The molecular weight excluding hydrogens is 181 g/mol. The van der Waals surface area contributed by atoms with Gasteiger partial charge >= 0.3 is 6.18 Å². The van der Waals surface area contributed by atoms with Crippen molar-refractivity contribution in [1.82, 2.24) is 0 Å². The fraction of sp³-hybridized carbons (Fsp3) is 1.00. The van der Waals surface area contributed by atoms with Gasteiger partial charge in [-0.3, -0.25) is 0 Å². The van der Waals surface area contributed by atoms with Crippen LogP contribution in [0.3, 0.4) is 0 Å². The van der Waals surface area contributed by atoms with Crippen LogP contribution >= 0.6 is 0 Å². The Morgan fingerprint density at radius 2 is 1.62 bits per heavy atom. The summed E-state index contributed by atoms with van der Waals surface area (Å²) in [6, 6.07) is 0. The lowest BCUT2D eigenvalue weighted by atomic mass is 10.2. The van der Waals surface area contributed by atoms with Crippen molar-refractivity contribution in [2.24, 2.45) is 0 Å². The molecule has 0 aromatic rings. The predicted octanol–water partition coefficient (Wildman–Crippen LogP) is 3.54. The number of hydrogen-bond acceptors (Lipinski definition) is 1. The Balaban J connectivity index is 3.00. The third-order valence-electron chi connectivity index (χ3n) is 1.66. The second-order valence-electron chi connectivity index (χ2n) is 3.08. The van der Waals surface area contributed by atoms with Crippen molar-refractivity contribution in [2.75, 3.05) is 13.2 Å². The Labute approximate surface area is 77.3 Å². The number of unbranched alkanes of at least 4 members (excludes halogenated alkanes) is 4. The average molecular weight is 198 g/mol. The molecule has 0 aliphatic rings. The highest BCUT2D eigenvalue weighted by Gasteiger charge is 2.26. The summed E-state index contributed by atoms with van der Waals surface area (Å²) < 4.78 is 39.1. The molecule has 0 radical (unpaired) electrons.